The van der Waals surface area contributed by atoms with Gasteiger partial charge in [-0.3, -0.25) is 25.1 Å². The molecule has 2 aromatic rings. The molecule has 0 aliphatic heterocycles. The molecule has 1 aromatic carbocycles. The number of ether oxygens (including phenoxy) is 1. The summed E-state index contributed by atoms with van der Waals surface area (Å²) in [6.07, 6.45) is 1.88. The van der Waals surface area contributed by atoms with Crippen LogP contribution in [0.4, 0.5) is 4.39 Å². The van der Waals surface area contributed by atoms with Crippen molar-refractivity contribution in [2.75, 3.05) is 0 Å². The summed E-state index contributed by atoms with van der Waals surface area (Å²) >= 11 is 0. The topological polar surface area (TPSA) is 85.2 Å². The van der Waals surface area contributed by atoms with Crippen LogP contribution >= 0.6 is 0 Å². The number of nitrogens with zero attached hydrogens (tertiary/aromatic N) is 2. The van der Waals surface area contributed by atoms with Crippen LogP contribution in [0.15, 0.2) is 36.7 Å². The number of hydrogen-bond acceptors (Lipinski definition) is 4. The lowest BCUT2D eigenvalue weighted by molar-refractivity contribution is -0.128. The summed E-state index contributed by atoms with van der Waals surface area (Å²) in [4.78, 5) is 23.5. The van der Waals surface area contributed by atoms with Crippen LogP contribution in [-0.4, -0.2) is 27.7 Å². The standard InChI is InChI=1S/C14H15FN4O3/c1-9(22-12-6-4-3-5-11(12)15)13(20)17-18-14(21)10-7-16-19(2)8-10/h3-9H,1-2H3,(H,17,20)(H,18,21)/t9-/m1/s1. The van der Waals surface area contributed by atoms with Crippen molar-refractivity contribution in [1.82, 2.24) is 20.6 Å². The van der Waals surface area contributed by atoms with Crippen LogP contribution < -0.4 is 15.6 Å². The van der Waals surface area contributed by atoms with Gasteiger partial charge < -0.3 is 4.74 Å². The zero-order valence-corrected chi connectivity index (χ0v) is 12.0. The maximum Gasteiger partial charge on any atom is 0.279 e. The molecule has 2 N–H and O–H groups in total. The van der Waals surface area contributed by atoms with E-state index in [4.69, 9.17) is 4.74 Å². The van der Waals surface area contributed by atoms with E-state index in [9.17, 15) is 14.0 Å². The van der Waals surface area contributed by atoms with Crippen molar-refractivity contribution < 1.29 is 18.7 Å². The number of carbonyl (C=O) groups excluding carboxylic acids is 2. The highest BCUT2D eigenvalue weighted by Crippen LogP contribution is 2.16. The van der Waals surface area contributed by atoms with Crippen LogP contribution in [0.25, 0.3) is 0 Å². The molecule has 0 spiro atoms. The summed E-state index contributed by atoms with van der Waals surface area (Å²) in [5.41, 5.74) is 4.73. The number of aryl methyl sites for hydroxylation is 1. The molecule has 2 amide bonds. The fraction of sp³-hybridized carbons (Fsp3) is 0.214. The van der Waals surface area contributed by atoms with Crippen LogP contribution in [0, 0.1) is 5.82 Å². The van der Waals surface area contributed by atoms with Crippen LogP contribution in [0.1, 0.15) is 17.3 Å². The third-order valence-electron chi connectivity index (χ3n) is 2.78. The third kappa shape index (κ3) is 3.81. The minimum atomic E-state index is -0.980. The lowest BCUT2D eigenvalue weighted by Gasteiger charge is -2.15. The van der Waals surface area contributed by atoms with Gasteiger partial charge in [0.1, 0.15) is 0 Å². The number of para-hydroxylation sites is 1. The highest BCUT2D eigenvalue weighted by atomic mass is 19.1. The molecular weight excluding hydrogens is 291 g/mol. The zero-order chi connectivity index (χ0) is 16.1. The second-order valence-corrected chi connectivity index (χ2v) is 4.54. The molecular formula is C14H15FN4O3. The molecule has 22 heavy (non-hydrogen) atoms. The summed E-state index contributed by atoms with van der Waals surface area (Å²) in [6, 6.07) is 5.74. The van der Waals surface area contributed by atoms with Gasteiger partial charge in [0.05, 0.1) is 11.8 Å². The van der Waals surface area contributed by atoms with Gasteiger partial charge in [-0.25, -0.2) is 4.39 Å². The van der Waals surface area contributed by atoms with E-state index < -0.39 is 23.7 Å². The molecule has 1 heterocycles. The number of benzene rings is 1. The third-order valence-corrected chi connectivity index (χ3v) is 2.78. The Labute approximate surface area is 126 Å². The Hall–Kier alpha value is -2.90. The SMILES string of the molecule is C[C@@H](Oc1ccccc1F)C(=O)NNC(=O)c1cnn(C)c1. The largest absolute Gasteiger partial charge is 0.478 e. The van der Waals surface area contributed by atoms with Gasteiger partial charge in [-0.15, -0.1) is 0 Å². The first-order valence-electron chi connectivity index (χ1n) is 6.47. The number of hydrazine groups is 1. The number of rotatable bonds is 4. The predicted molar refractivity (Wildman–Crippen MR) is 75.3 cm³/mol. The van der Waals surface area contributed by atoms with E-state index in [0.29, 0.717) is 5.56 Å². The monoisotopic (exact) mass is 306 g/mol. The number of aromatic nitrogens is 2. The van der Waals surface area contributed by atoms with Crippen LogP contribution in [0.5, 0.6) is 5.75 Å². The van der Waals surface area contributed by atoms with E-state index in [1.807, 2.05) is 0 Å². The van der Waals surface area contributed by atoms with E-state index in [-0.39, 0.29) is 5.75 Å². The number of nitrogens with one attached hydrogen (secondary N) is 2. The van der Waals surface area contributed by atoms with Crippen molar-refractivity contribution in [3.8, 4) is 5.75 Å². The van der Waals surface area contributed by atoms with Gasteiger partial charge in [-0.1, -0.05) is 12.1 Å². The minimum absolute atomic E-state index is 0.0382. The van der Waals surface area contributed by atoms with Gasteiger partial charge in [0, 0.05) is 13.2 Å². The molecule has 2 rings (SSSR count). The fourth-order valence-electron chi connectivity index (χ4n) is 1.61. The molecule has 0 aliphatic carbocycles. The maximum atomic E-state index is 13.4. The number of hydrogen-bond donors (Lipinski definition) is 2. The van der Waals surface area contributed by atoms with Gasteiger partial charge in [-0.05, 0) is 19.1 Å². The summed E-state index contributed by atoms with van der Waals surface area (Å²) in [5, 5.41) is 3.84. The van der Waals surface area contributed by atoms with Crippen molar-refractivity contribution in [2.45, 2.75) is 13.0 Å². The van der Waals surface area contributed by atoms with Gasteiger partial charge in [0.2, 0.25) is 0 Å². The Morgan fingerprint density at radius 2 is 2.05 bits per heavy atom. The van der Waals surface area contributed by atoms with E-state index in [2.05, 4.69) is 16.0 Å². The quantitative estimate of drug-likeness (QED) is 0.818. The lowest BCUT2D eigenvalue weighted by Crippen LogP contribution is -2.47. The predicted octanol–water partition coefficient (Wildman–Crippen LogP) is 0.788. The van der Waals surface area contributed by atoms with Gasteiger partial charge in [0.15, 0.2) is 17.7 Å². The molecule has 1 aromatic heterocycles. The summed E-state index contributed by atoms with van der Waals surface area (Å²) in [6.45, 7) is 1.44. The summed E-state index contributed by atoms with van der Waals surface area (Å²) < 4.78 is 20.1. The Morgan fingerprint density at radius 3 is 2.68 bits per heavy atom. The minimum Gasteiger partial charge on any atom is -0.478 e. The highest BCUT2D eigenvalue weighted by Gasteiger charge is 2.17. The van der Waals surface area contributed by atoms with Crippen molar-refractivity contribution in [1.29, 1.82) is 0 Å². The molecule has 0 saturated heterocycles. The van der Waals surface area contributed by atoms with Gasteiger partial charge in [0.25, 0.3) is 11.8 Å². The zero-order valence-electron chi connectivity index (χ0n) is 12.0. The Morgan fingerprint density at radius 1 is 1.32 bits per heavy atom. The van der Waals surface area contributed by atoms with E-state index >= 15 is 0 Å². The number of amides is 2. The molecule has 7 nitrogen and oxygen atoms in total. The van der Waals surface area contributed by atoms with E-state index in [1.165, 1.54) is 42.2 Å². The average Bonchev–Trinajstić information content (AvgIpc) is 2.93. The molecule has 0 fully saturated rings. The number of halogens is 1. The van der Waals surface area contributed by atoms with E-state index in [0.717, 1.165) is 0 Å². The van der Waals surface area contributed by atoms with Crippen molar-refractivity contribution in [3.63, 3.8) is 0 Å². The van der Waals surface area contributed by atoms with Gasteiger partial charge in [-0.2, -0.15) is 5.10 Å². The summed E-state index contributed by atoms with van der Waals surface area (Å²) in [5.74, 6) is -1.73. The average molecular weight is 306 g/mol. The van der Waals surface area contributed by atoms with Gasteiger partial charge >= 0.3 is 0 Å². The molecule has 0 aliphatic rings. The summed E-state index contributed by atoms with van der Waals surface area (Å²) in [7, 11) is 1.67. The second-order valence-electron chi connectivity index (χ2n) is 4.54. The molecule has 0 saturated carbocycles. The Kier molecular flexibility index (Phi) is 4.72. The normalized spacial score (nSPS) is 11.6. The molecule has 0 radical (unpaired) electrons. The van der Waals surface area contributed by atoms with Crippen molar-refractivity contribution in [2.24, 2.45) is 7.05 Å². The van der Waals surface area contributed by atoms with Crippen LogP contribution in [0.2, 0.25) is 0 Å². The molecule has 0 bridgehead atoms. The molecule has 8 heteroatoms. The fourth-order valence-corrected chi connectivity index (χ4v) is 1.61. The first kappa shape index (κ1) is 15.5. The van der Waals surface area contributed by atoms with E-state index in [1.54, 1.807) is 13.1 Å². The lowest BCUT2D eigenvalue weighted by atomic mass is 10.3. The first-order valence-corrected chi connectivity index (χ1v) is 6.47. The highest BCUT2D eigenvalue weighted by molar-refractivity contribution is 5.95. The van der Waals surface area contributed by atoms with Crippen LogP contribution in [0.3, 0.4) is 0 Å². The van der Waals surface area contributed by atoms with Crippen molar-refractivity contribution >= 4 is 11.8 Å². The second kappa shape index (κ2) is 6.70. The molecule has 116 valence electrons. The maximum absolute atomic E-state index is 13.4. The first-order chi connectivity index (χ1) is 10.5. The molecule has 0 unspecified atom stereocenters. The number of carbonyl (C=O) groups is 2. The Balaban J connectivity index is 1.86. The molecule has 1 atom stereocenters. The Bertz CT molecular complexity index is 686. The van der Waals surface area contributed by atoms with Crippen LogP contribution in [-0.2, 0) is 11.8 Å². The smallest absolute Gasteiger partial charge is 0.279 e. The van der Waals surface area contributed by atoms with Crippen molar-refractivity contribution in [3.05, 3.63) is 48.0 Å².